The fraction of sp³-hybridized carbons (Fsp3) is 0.333. The number of aliphatic hydroxyl groups is 1. The van der Waals surface area contributed by atoms with Crippen molar-refractivity contribution in [2.24, 2.45) is 0 Å². The largest absolute Gasteiger partial charge is 0.497 e. The summed E-state index contributed by atoms with van der Waals surface area (Å²) >= 11 is 6.02. The molecule has 2 N–H and O–H groups in total. The van der Waals surface area contributed by atoms with E-state index in [2.05, 4.69) is 10.3 Å². The van der Waals surface area contributed by atoms with Gasteiger partial charge in [0.1, 0.15) is 36.8 Å². The Morgan fingerprint density at radius 2 is 1.76 bits per heavy atom. The maximum Gasteiger partial charge on any atom is 0.251 e. The van der Waals surface area contributed by atoms with Gasteiger partial charge < -0.3 is 24.6 Å². The smallest absolute Gasteiger partial charge is 0.251 e. The number of halogens is 1. The summed E-state index contributed by atoms with van der Waals surface area (Å²) in [5.74, 6) is 1.23. The van der Waals surface area contributed by atoms with Crippen LogP contribution in [0, 0.1) is 0 Å². The first-order valence-corrected chi connectivity index (χ1v) is 12.1. The lowest BCUT2D eigenvalue weighted by Gasteiger charge is -2.14. The number of aromatic nitrogens is 1. The SMILES string of the molecule is CCc1cc(Cl)nc(C(O)CNC(=O)c2ccc(OCCOOCc3ccc(OC)cc3)c(OC)c2)c1. The third-order valence-corrected chi connectivity index (χ3v) is 5.59. The van der Waals surface area contributed by atoms with Crippen molar-refractivity contribution in [1.29, 1.82) is 0 Å². The van der Waals surface area contributed by atoms with Crippen molar-refractivity contribution < 1.29 is 33.9 Å². The Bertz CT molecular complexity index is 1160. The van der Waals surface area contributed by atoms with Gasteiger partial charge in [-0.3, -0.25) is 4.79 Å². The molecule has 198 valence electrons. The average molecular weight is 531 g/mol. The van der Waals surface area contributed by atoms with Gasteiger partial charge in [-0.2, -0.15) is 0 Å². The average Bonchev–Trinajstić information content (AvgIpc) is 2.93. The third kappa shape index (κ3) is 8.61. The molecule has 0 saturated carbocycles. The van der Waals surface area contributed by atoms with E-state index in [0.717, 1.165) is 23.3 Å². The molecule has 10 heteroatoms. The number of carbonyl (C=O) groups excluding carboxylic acids is 1. The first-order valence-electron chi connectivity index (χ1n) is 11.7. The topological polar surface area (TPSA) is 108 Å². The third-order valence-electron chi connectivity index (χ3n) is 5.40. The van der Waals surface area contributed by atoms with Crippen LogP contribution in [0.15, 0.2) is 54.6 Å². The summed E-state index contributed by atoms with van der Waals surface area (Å²) in [7, 11) is 3.10. The molecule has 1 aromatic heterocycles. The molecule has 1 unspecified atom stereocenters. The zero-order valence-electron chi connectivity index (χ0n) is 21.0. The maximum absolute atomic E-state index is 12.6. The molecular formula is C27H31ClN2O7. The Morgan fingerprint density at radius 1 is 0.973 bits per heavy atom. The summed E-state index contributed by atoms with van der Waals surface area (Å²) in [6, 6.07) is 15.8. The summed E-state index contributed by atoms with van der Waals surface area (Å²) in [5, 5.41) is 13.4. The number of ether oxygens (including phenoxy) is 3. The van der Waals surface area contributed by atoms with Crippen LogP contribution in [0.3, 0.4) is 0 Å². The molecule has 0 radical (unpaired) electrons. The lowest BCUT2D eigenvalue weighted by atomic mass is 10.1. The highest BCUT2D eigenvalue weighted by Gasteiger charge is 2.15. The van der Waals surface area contributed by atoms with Gasteiger partial charge in [-0.15, -0.1) is 0 Å². The van der Waals surface area contributed by atoms with Crippen molar-refractivity contribution >= 4 is 17.5 Å². The molecule has 0 aliphatic rings. The molecule has 37 heavy (non-hydrogen) atoms. The van der Waals surface area contributed by atoms with Crippen LogP contribution >= 0.6 is 11.6 Å². The van der Waals surface area contributed by atoms with E-state index in [9.17, 15) is 9.90 Å². The van der Waals surface area contributed by atoms with E-state index in [1.54, 1.807) is 37.4 Å². The van der Waals surface area contributed by atoms with E-state index in [-0.39, 0.29) is 25.7 Å². The number of rotatable bonds is 14. The predicted molar refractivity (Wildman–Crippen MR) is 138 cm³/mol. The Kier molecular flexibility index (Phi) is 11.0. The van der Waals surface area contributed by atoms with Gasteiger partial charge in [-0.05, 0) is 60.0 Å². The highest BCUT2D eigenvalue weighted by Crippen LogP contribution is 2.28. The second-order valence-corrected chi connectivity index (χ2v) is 8.34. The van der Waals surface area contributed by atoms with Gasteiger partial charge in [0.25, 0.3) is 5.91 Å². The Labute approximate surface area is 221 Å². The summed E-state index contributed by atoms with van der Waals surface area (Å²) in [5.41, 5.74) is 2.65. The lowest BCUT2D eigenvalue weighted by molar-refractivity contribution is -0.306. The van der Waals surface area contributed by atoms with E-state index < -0.39 is 6.10 Å². The fourth-order valence-electron chi connectivity index (χ4n) is 3.35. The van der Waals surface area contributed by atoms with Gasteiger partial charge in [0.05, 0.1) is 19.9 Å². The number of nitrogens with zero attached hydrogens (tertiary/aromatic N) is 1. The van der Waals surface area contributed by atoms with Crippen LogP contribution in [0.1, 0.15) is 40.2 Å². The Morgan fingerprint density at radius 3 is 2.46 bits per heavy atom. The zero-order valence-corrected chi connectivity index (χ0v) is 21.8. The normalized spacial score (nSPS) is 11.6. The molecule has 0 bridgehead atoms. The highest BCUT2D eigenvalue weighted by molar-refractivity contribution is 6.29. The molecule has 3 aromatic rings. The number of hydrogen-bond donors (Lipinski definition) is 2. The van der Waals surface area contributed by atoms with Crippen molar-refractivity contribution in [2.45, 2.75) is 26.1 Å². The molecule has 1 atom stereocenters. The summed E-state index contributed by atoms with van der Waals surface area (Å²) in [4.78, 5) is 27.1. The predicted octanol–water partition coefficient (Wildman–Crippen LogP) is 4.31. The number of amides is 1. The summed E-state index contributed by atoms with van der Waals surface area (Å²) < 4.78 is 16.2. The molecule has 0 spiro atoms. The van der Waals surface area contributed by atoms with E-state index >= 15 is 0 Å². The molecule has 0 saturated heterocycles. The zero-order chi connectivity index (χ0) is 26.6. The van der Waals surface area contributed by atoms with Crippen LogP contribution in [0.4, 0.5) is 0 Å². The standard InChI is InChI=1S/C27H31ClN2O7/c1-4-18-13-22(30-26(28)14-18)23(31)16-29-27(32)20-7-10-24(25(15-20)34-3)35-11-12-36-37-17-19-5-8-21(33-2)9-6-19/h5-10,13-15,23,31H,4,11-12,16-17H2,1-3H3,(H,29,32). The molecule has 0 aliphatic carbocycles. The van der Waals surface area contributed by atoms with Gasteiger partial charge in [0.15, 0.2) is 11.5 Å². The van der Waals surface area contributed by atoms with Crippen molar-refractivity contribution in [2.75, 3.05) is 34.0 Å². The van der Waals surface area contributed by atoms with Gasteiger partial charge in [-0.25, -0.2) is 14.8 Å². The summed E-state index contributed by atoms with van der Waals surface area (Å²) in [6.45, 7) is 2.65. The van der Waals surface area contributed by atoms with Crippen LogP contribution in [0.5, 0.6) is 17.2 Å². The van der Waals surface area contributed by atoms with Crippen LogP contribution in [-0.4, -0.2) is 50.0 Å². The minimum atomic E-state index is -0.996. The van der Waals surface area contributed by atoms with Gasteiger partial charge in [0.2, 0.25) is 0 Å². The number of nitrogens with one attached hydrogen (secondary N) is 1. The molecule has 0 fully saturated rings. The maximum atomic E-state index is 12.6. The fourth-order valence-corrected chi connectivity index (χ4v) is 3.59. The Balaban J connectivity index is 1.44. The second-order valence-electron chi connectivity index (χ2n) is 7.95. The number of benzene rings is 2. The minimum Gasteiger partial charge on any atom is -0.497 e. The van der Waals surface area contributed by atoms with E-state index in [4.69, 9.17) is 35.6 Å². The van der Waals surface area contributed by atoms with Crippen LogP contribution in [0.2, 0.25) is 5.15 Å². The minimum absolute atomic E-state index is 0.0240. The van der Waals surface area contributed by atoms with Crippen molar-refractivity contribution in [3.8, 4) is 17.2 Å². The van der Waals surface area contributed by atoms with Gasteiger partial charge >= 0.3 is 0 Å². The van der Waals surface area contributed by atoms with Crippen LogP contribution in [0.25, 0.3) is 0 Å². The number of aryl methyl sites for hydroxylation is 1. The number of pyridine rings is 1. The monoisotopic (exact) mass is 530 g/mol. The quantitative estimate of drug-likeness (QED) is 0.137. The van der Waals surface area contributed by atoms with Crippen molar-refractivity contribution in [3.63, 3.8) is 0 Å². The summed E-state index contributed by atoms with van der Waals surface area (Å²) in [6.07, 6.45) is -0.241. The molecule has 1 amide bonds. The van der Waals surface area contributed by atoms with Crippen molar-refractivity contribution in [1.82, 2.24) is 10.3 Å². The van der Waals surface area contributed by atoms with E-state index in [0.29, 0.717) is 34.5 Å². The molecule has 0 aliphatic heterocycles. The van der Waals surface area contributed by atoms with Crippen LogP contribution in [-0.2, 0) is 22.8 Å². The molecule has 1 heterocycles. The molecule has 9 nitrogen and oxygen atoms in total. The molecular weight excluding hydrogens is 500 g/mol. The molecule has 2 aromatic carbocycles. The lowest BCUT2D eigenvalue weighted by Crippen LogP contribution is -2.28. The number of hydrogen-bond acceptors (Lipinski definition) is 8. The first-order chi connectivity index (χ1) is 17.9. The van der Waals surface area contributed by atoms with Gasteiger partial charge in [-0.1, -0.05) is 30.7 Å². The highest BCUT2D eigenvalue weighted by atomic mass is 35.5. The van der Waals surface area contributed by atoms with Crippen LogP contribution < -0.4 is 19.5 Å². The van der Waals surface area contributed by atoms with E-state index in [1.165, 1.54) is 7.11 Å². The van der Waals surface area contributed by atoms with Crippen molar-refractivity contribution in [3.05, 3.63) is 82.1 Å². The Hall–Kier alpha value is -3.37. The number of aliphatic hydroxyl groups excluding tert-OH is 1. The van der Waals surface area contributed by atoms with Gasteiger partial charge in [0, 0.05) is 12.1 Å². The van der Waals surface area contributed by atoms with E-state index in [1.807, 2.05) is 31.2 Å². The first kappa shape index (κ1) is 28.2. The number of carbonyl (C=O) groups is 1. The molecule has 3 rings (SSSR count). The second kappa shape index (κ2) is 14.4. The number of methoxy groups -OCH3 is 2.